The number of aryl methyl sites for hydroxylation is 1. The van der Waals surface area contributed by atoms with E-state index in [1.54, 1.807) is 0 Å². The van der Waals surface area contributed by atoms with Crippen molar-refractivity contribution in [2.45, 2.75) is 6.92 Å². The lowest BCUT2D eigenvalue weighted by molar-refractivity contribution is 1.16. The molecule has 0 bridgehead atoms. The van der Waals surface area contributed by atoms with Gasteiger partial charge in [-0.3, -0.25) is 4.40 Å². The molecule has 0 unspecified atom stereocenters. The first-order valence-corrected chi connectivity index (χ1v) is 5.94. The zero-order valence-electron chi connectivity index (χ0n) is 10.3. The van der Waals surface area contributed by atoms with Crippen LogP contribution in [0.25, 0.3) is 11.2 Å². The third-order valence-corrected chi connectivity index (χ3v) is 3.09. The van der Waals surface area contributed by atoms with E-state index in [-0.39, 0.29) is 0 Å². The van der Waals surface area contributed by atoms with Crippen LogP contribution in [-0.2, 0) is 0 Å². The minimum absolute atomic E-state index is 0.946. The normalized spacial score (nSPS) is 10.7. The Labute approximate surface area is 106 Å². The molecule has 2 aromatic heterocycles. The molecule has 0 saturated heterocycles. The molecule has 2 heterocycles. The van der Waals surface area contributed by atoms with E-state index in [2.05, 4.69) is 47.2 Å². The zero-order valence-corrected chi connectivity index (χ0v) is 10.3. The molecule has 0 aliphatic heterocycles. The monoisotopic (exact) mass is 234 g/mol. The van der Waals surface area contributed by atoms with Crippen molar-refractivity contribution < 1.29 is 0 Å². The first kappa shape index (κ1) is 10.8. The molecule has 0 amide bonds. The summed E-state index contributed by atoms with van der Waals surface area (Å²) in [5, 5.41) is 0. The van der Waals surface area contributed by atoms with Gasteiger partial charge in [0.2, 0.25) is 0 Å². The highest BCUT2D eigenvalue weighted by molar-refractivity contribution is 5.77. The van der Waals surface area contributed by atoms with Crippen LogP contribution in [0.1, 0.15) is 16.8 Å². The second kappa shape index (κ2) is 4.15. The van der Waals surface area contributed by atoms with Gasteiger partial charge in [-0.25, -0.2) is 4.98 Å². The minimum atomic E-state index is 0.946. The van der Waals surface area contributed by atoms with E-state index < -0.39 is 0 Å². The number of fused-ring (bicyclic) bond motifs is 1. The summed E-state index contributed by atoms with van der Waals surface area (Å²) in [6.45, 7) is 6.29. The van der Waals surface area contributed by atoms with Gasteiger partial charge in [0.25, 0.3) is 0 Å². The topological polar surface area (TPSA) is 17.3 Å². The van der Waals surface area contributed by atoms with Crippen LogP contribution >= 0.6 is 0 Å². The fourth-order valence-corrected chi connectivity index (χ4v) is 2.14. The number of benzene rings is 1. The van der Waals surface area contributed by atoms with E-state index in [4.69, 9.17) is 0 Å². The Kier molecular flexibility index (Phi) is 2.49. The van der Waals surface area contributed by atoms with Gasteiger partial charge in [0.1, 0.15) is 5.65 Å². The SMILES string of the molecule is C=C(c1cccc(C)c1)c1cnc2ccccn12. The number of nitrogens with zero attached hydrogens (tertiary/aromatic N) is 2. The van der Waals surface area contributed by atoms with Gasteiger partial charge in [-0.1, -0.05) is 42.5 Å². The molecular weight excluding hydrogens is 220 g/mol. The minimum Gasteiger partial charge on any atom is -0.300 e. The lowest BCUT2D eigenvalue weighted by Crippen LogP contribution is -1.92. The predicted octanol–water partition coefficient (Wildman–Crippen LogP) is 3.70. The maximum Gasteiger partial charge on any atom is 0.137 e. The number of rotatable bonds is 2. The van der Waals surface area contributed by atoms with Gasteiger partial charge in [0, 0.05) is 11.8 Å². The molecular formula is C16H14N2. The Morgan fingerprint density at radius 1 is 1.17 bits per heavy atom. The van der Waals surface area contributed by atoms with Crippen LogP contribution in [0.5, 0.6) is 0 Å². The molecule has 0 fully saturated rings. The third-order valence-electron chi connectivity index (χ3n) is 3.09. The van der Waals surface area contributed by atoms with Crippen molar-refractivity contribution in [1.29, 1.82) is 0 Å². The second-order valence-electron chi connectivity index (χ2n) is 4.42. The highest BCUT2D eigenvalue weighted by Crippen LogP contribution is 2.22. The van der Waals surface area contributed by atoms with Gasteiger partial charge in [-0.2, -0.15) is 0 Å². The van der Waals surface area contributed by atoms with Crippen molar-refractivity contribution in [2.24, 2.45) is 0 Å². The van der Waals surface area contributed by atoms with E-state index in [0.29, 0.717) is 0 Å². The molecule has 0 aliphatic rings. The molecule has 3 rings (SSSR count). The Balaban J connectivity index is 2.12. The summed E-state index contributed by atoms with van der Waals surface area (Å²) < 4.78 is 2.06. The molecule has 0 atom stereocenters. The molecule has 0 aliphatic carbocycles. The summed E-state index contributed by atoms with van der Waals surface area (Å²) in [5.74, 6) is 0. The average Bonchev–Trinajstić information content (AvgIpc) is 2.82. The number of aromatic nitrogens is 2. The van der Waals surface area contributed by atoms with Crippen molar-refractivity contribution in [3.63, 3.8) is 0 Å². The van der Waals surface area contributed by atoms with Crippen LogP contribution in [-0.4, -0.2) is 9.38 Å². The Morgan fingerprint density at radius 3 is 2.89 bits per heavy atom. The summed E-state index contributed by atoms with van der Waals surface area (Å²) in [4.78, 5) is 4.39. The quantitative estimate of drug-likeness (QED) is 0.660. The van der Waals surface area contributed by atoms with E-state index in [1.165, 1.54) is 5.56 Å². The van der Waals surface area contributed by atoms with Gasteiger partial charge in [0.15, 0.2) is 0 Å². The van der Waals surface area contributed by atoms with E-state index in [0.717, 1.165) is 22.5 Å². The van der Waals surface area contributed by atoms with Crippen molar-refractivity contribution in [1.82, 2.24) is 9.38 Å². The summed E-state index contributed by atoms with van der Waals surface area (Å²) in [6, 6.07) is 14.4. The fraction of sp³-hybridized carbons (Fsp3) is 0.0625. The predicted molar refractivity (Wildman–Crippen MR) is 74.5 cm³/mol. The fourth-order valence-electron chi connectivity index (χ4n) is 2.14. The van der Waals surface area contributed by atoms with Crippen LogP contribution < -0.4 is 0 Å². The van der Waals surface area contributed by atoms with Gasteiger partial charge < -0.3 is 0 Å². The van der Waals surface area contributed by atoms with Crippen LogP contribution in [0.3, 0.4) is 0 Å². The maximum atomic E-state index is 4.39. The molecule has 3 aromatic rings. The molecule has 18 heavy (non-hydrogen) atoms. The Hall–Kier alpha value is -2.35. The van der Waals surface area contributed by atoms with E-state index >= 15 is 0 Å². The second-order valence-corrected chi connectivity index (χ2v) is 4.42. The number of imidazole rings is 1. The third kappa shape index (κ3) is 1.72. The Morgan fingerprint density at radius 2 is 2.06 bits per heavy atom. The van der Waals surface area contributed by atoms with E-state index in [1.807, 2.05) is 30.6 Å². The first-order chi connectivity index (χ1) is 8.75. The molecule has 0 saturated carbocycles. The van der Waals surface area contributed by atoms with Crippen molar-refractivity contribution in [3.05, 3.63) is 78.3 Å². The maximum absolute atomic E-state index is 4.39. The molecule has 0 N–H and O–H groups in total. The highest BCUT2D eigenvalue weighted by Gasteiger charge is 2.08. The van der Waals surface area contributed by atoms with E-state index in [9.17, 15) is 0 Å². The summed E-state index contributed by atoms with van der Waals surface area (Å²) in [5.41, 5.74) is 5.36. The Bertz CT molecular complexity index is 723. The van der Waals surface area contributed by atoms with Gasteiger partial charge in [-0.15, -0.1) is 0 Å². The lowest BCUT2D eigenvalue weighted by Gasteiger charge is -2.06. The summed E-state index contributed by atoms with van der Waals surface area (Å²) in [7, 11) is 0. The standard InChI is InChI=1S/C16H14N2/c1-12-6-5-7-14(10-12)13(2)15-11-17-16-8-3-4-9-18(15)16/h3-11H,2H2,1H3. The van der Waals surface area contributed by atoms with Crippen molar-refractivity contribution in [3.8, 4) is 0 Å². The lowest BCUT2D eigenvalue weighted by atomic mass is 10.0. The number of hydrogen-bond donors (Lipinski definition) is 0. The molecule has 0 spiro atoms. The van der Waals surface area contributed by atoms with Gasteiger partial charge >= 0.3 is 0 Å². The molecule has 88 valence electrons. The average molecular weight is 234 g/mol. The molecule has 2 nitrogen and oxygen atoms in total. The zero-order chi connectivity index (χ0) is 12.5. The van der Waals surface area contributed by atoms with Gasteiger partial charge in [0.05, 0.1) is 11.9 Å². The van der Waals surface area contributed by atoms with Crippen molar-refractivity contribution >= 4 is 11.2 Å². The summed E-state index contributed by atoms with van der Waals surface area (Å²) >= 11 is 0. The number of pyridine rings is 1. The van der Waals surface area contributed by atoms with Crippen LogP contribution in [0.2, 0.25) is 0 Å². The summed E-state index contributed by atoms with van der Waals surface area (Å²) in [6.07, 6.45) is 3.89. The highest BCUT2D eigenvalue weighted by atomic mass is 15.0. The van der Waals surface area contributed by atoms with Crippen LogP contribution in [0, 0.1) is 6.92 Å². The van der Waals surface area contributed by atoms with Crippen LogP contribution in [0.15, 0.2) is 61.4 Å². The molecule has 0 radical (unpaired) electrons. The number of hydrogen-bond acceptors (Lipinski definition) is 1. The largest absolute Gasteiger partial charge is 0.300 e. The molecule has 2 heteroatoms. The van der Waals surface area contributed by atoms with Crippen LogP contribution in [0.4, 0.5) is 0 Å². The smallest absolute Gasteiger partial charge is 0.137 e. The van der Waals surface area contributed by atoms with Crippen molar-refractivity contribution in [2.75, 3.05) is 0 Å². The van der Waals surface area contributed by atoms with Gasteiger partial charge in [-0.05, 0) is 24.6 Å². The first-order valence-electron chi connectivity index (χ1n) is 5.94. The molecule has 1 aromatic carbocycles.